The zero-order valence-corrected chi connectivity index (χ0v) is 10.4. The van der Waals surface area contributed by atoms with E-state index in [0.29, 0.717) is 30.0 Å². The van der Waals surface area contributed by atoms with Crippen molar-refractivity contribution >= 4 is 11.6 Å². The molecule has 2 aromatic rings. The van der Waals surface area contributed by atoms with Crippen LogP contribution in [0.25, 0.3) is 0 Å². The minimum Gasteiger partial charge on any atom is -0.395 e. The topological polar surface area (TPSA) is 102 Å². The Hall–Kier alpha value is -2.31. The second kappa shape index (κ2) is 4.91. The SMILES string of the molecule is Cc1nn(C)c(C(=O)NCCc2ncc[nH]2)c1N. The van der Waals surface area contributed by atoms with E-state index in [2.05, 4.69) is 20.4 Å². The summed E-state index contributed by atoms with van der Waals surface area (Å²) in [6.07, 6.45) is 4.08. The van der Waals surface area contributed by atoms with Gasteiger partial charge in [-0.25, -0.2) is 4.98 Å². The zero-order valence-electron chi connectivity index (χ0n) is 10.4. The Morgan fingerprint density at radius 2 is 2.39 bits per heavy atom. The van der Waals surface area contributed by atoms with Gasteiger partial charge in [-0.1, -0.05) is 0 Å². The lowest BCUT2D eigenvalue weighted by Crippen LogP contribution is -2.28. The molecule has 0 atom stereocenters. The maximum atomic E-state index is 11.9. The number of hydrogen-bond donors (Lipinski definition) is 3. The van der Waals surface area contributed by atoms with Gasteiger partial charge in [-0.2, -0.15) is 5.10 Å². The molecule has 0 bridgehead atoms. The van der Waals surface area contributed by atoms with Crippen LogP contribution >= 0.6 is 0 Å². The quantitative estimate of drug-likeness (QED) is 0.709. The Morgan fingerprint density at radius 1 is 1.61 bits per heavy atom. The number of anilines is 1. The predicted octanol–water partition coefficient (Wildman–Crippen LogP) is 0.00632. The molecule has 0 aliphatic rings. The van der Waals surface area contributed by atoms with Gasteiger partial charge in [0.2, 0.25) is 0 Å². The second-order valence-corrected chi connectivity index (χ2v) is 4.01. The van der Waals surface area contributed by atoms with Gasteiger partial charge in [-0.05, 0) is 6.92 Å². The van der Waals surface area contributed by atoms with E-state index in [1.807, 2.05) is 0 Å². The molecular weight excluding hydrogens is 232 g/mol. The molecule has 7 heteroatoms. The zero-order chi connectivity index (χ0) is 13.1. The Kier molecular flexibility index (Phi) is 3.31. The highest BCUT2D eigenvalue weighted by atomic mass is 16.2. The molecule has 0 saturated heterocycles. The van der Waals surface area contributed by atoms with Crippen LogP contribution in [0.5, 0.6) is 0 Å². The first-order valence-electron chi connectivity index (χ1n) is 5.65. The van der Waals surface area contributed by atoms with Gasteiger partial charge in [0.05, 0.1) is 11.4 Å². The van der Waals surface area contributed by atoms with Crippen LogP contribution in [-0.2, 0) is 13.5 Å². The normalized spacial score (nSPS) is 10.6. The van der Waals surface area contributed by atoms with Crippen LogP contribution in [0.4, 0.5) is 5.69 Å². The van der Waals surface area contributed by atoms with Gasteiger partial charge in [0.1, 0.15) is 11.5 Å². The molecule has 2 rings (SSSR count). The third-order valence-electron chi connectivity index (χ3n) is 2.69. The molecular formula is C11H16N6O. The summed E-state index contributed by atoms with van der Waals surface area (Å²) in [6, 6.07) is 0. The number of amides is 1. The van der Waals surface area contributed by atoms with E-state index >= 15 is 0 Å². The summed E-state index contributed by atoms with van der Waals surface area (Å²) in [5, 5.41) is 6.89. The number of H-pyrrole nitrogens is 1. The molecule has 0 aliphatic heterocycles. The van der Waals surface area contributed by atoms with Crippen molar-refractivity contribution < 1.29 is 4.79 Å². The van der Waals surface area contributed by atoms with E-state index in [1.54, 1.807) is 26.4 Å². The third kappa shape index (κ3) is 2.34. The Labute approximate surface area is 104 Å². The first kappa shape index (κ1) is 12.2. The fraction of sp³-hybridized carbons (Fsp3) is 0.364. The summed E-state index contributed by atoms with van der Waals surface area (Å²) < 4.78 is 1.49. The fourth-order valence-corrected chi connectivity index (χ4v) is 1.76. The van der Waals surface area contributed by atoms with E-state index in [0.717, 1.165) is 5.82 Å². The van der Waals surface area contributed by atoms with Crippen molar-refractivity contribution in [2.24, 2.45) is 7.05 Å². The van der Waals surface area contributed by atoms with Crippen molar-refractivity contribution in [3.05, 3.63) is 29.6 Å². The maximum Gasteiger partial charge on any atom is 0.271 e. The molecule has 0 fully saturated rings. The van der Waals surface area contributed by atoms with E-state index in [-0.39, 0.29) is 5.91 Å². The standard InChI is InChI=1S/C11H16N6O/c1-7-9(12)10(17(2)16-7)11(18)15-4-3-8-13-5-6-14-8/h5-6H,3-4,12H2,1-2H3,(H,13,14)(H,15,18). The molecule has 0 saturated carbocycles. The van der Waals surface area contributed by atoms with Gasteiger partial charge in [-0.3, -0.25) is 9.48 Å². The van der Waals surface area contributed by atoms with Crippen LogP contribution in [0.2, 0.25) is 0 Å². The number of aromatic nitrogens is 4. The molecule has 0 radical (unpaired) electrons. The average Bonchev–Trinajstić information content (AvgIpc) is 2.89. The van der Waals surface area contributed by atoms with Crippen molar-refractivity contribution in [2.45, 2.75) is 13.3 Å². The molecule has 0 unspecified atom stereocenters. The lowest BCUT2D eigenvalue weighted by Gasteiger charge is -2.05. The van der Waals surface area contributed by atoms with Crippen molar-refractivity contribution in [1.82, 2.24) is 25.1 Å². The third-order valence-corrected chi connectivity index (χ3v) is 2.69. The Bertz CT molecular complexity index is 542. The van der Waals surface area contributed by atoms with Crippen molar-refractivity contribution in [3.8, 4) is 0 Å². The van der Waals surface area contributed by atoms with Crippen molar-refractivity contribution in [2.75, 3.05) is 12.3 Å². The summed E-state index contributed by atoms with van der Waals surface area (Å²) in [6.45, 7) is 2.27. The van der Waals surface area contributed by atoms with Gasteiger partial charge in [0.25, 0.3) is 5.91 Å². The van der Waals surface area contributed by atoms with E-state index in [9.17, 15) is 4.79 Å². The first-order chi connectivity index (χ1) is 8.59. The van der Waals surface area contributed by atoms with E-state index in [1.165, 1.54) is 4.68 Å². The number of rotatable bonds is 4. The number of aromatic amines is 1. The lowest BCUT2D eigenvalue weighted by molar-refractivity contribution is 0.0945. The Balaban J connectivity index is 1.95. The average molecular weight is 248 g/mol. The van der Waals surface area contributed by atoms with E-state index < -0.39 is 0 Å². The number of nitrogens with two attached hydrogens (primary N) is 1. The minimum atomic E-state index is -0.220. The number of carbonyl (C=O) groups is 1. The van der Waals surface area contributed by atoms with Crippen molar-refractivity contribution in [1.29, 1.82) is 0 Å². The van der Waals surface area contributed by atoms with Crippen LogP contribution in [-0.4, -0.2) is 32.2 Å². The highest BCUT2D eigenvalue weighted by Crippen LogP contribution is 2.14. The number of nitrogens with zero attached hydrogens (tertiary/aromatic N) is 3. The molecule has 2 aromatic heterocycles. The second-order valence-electron chi connectivity index (χ2n) is 4.01. The van der Waals surface area contributed by atoms with Crippen LogP contribution in [0, 0.1) is 6.92 Å². The highest BCUT2D eigenvalue weighted by Gasteiger charge is 2.17. The predicted molar refractivity (Wildman–Crippen MR) is 67.0 cm³/mol. The summed E-state index contributed by atoms with van der Waals surface area (Å²) in [5.41, 5.74) is 7.29. The maximum absolute atomic E-state index is 11.9. The molecule has 2 heterocycles. The number of hydrogen-bond acceptors (Lipinski definition) is 4. The van der Waals surface area contributed by atoms with Gasteiger partial charge in [0, 0.05) is 32.4 Å². The van der Waals surface area contributed by atoms with Gasteiger partial charge in [-0.15, -0.1) is 0 Å². The first-order valence-corrected chi connectivity index (χ1v) is 5.65. The molecule has 0 aliphatic carbocycles. The van der Waals surface area contributed by atoms with Gasteiger partial charge >= 0.3 is 0 Å². The number of aryl methyl sites for hydroxylation is 2. The van der Waals surface area contributed by atoms with Gasteiger partial charge < -0.3 is 16.0 Å². The summed E-state index contributed by atoms with van der Waals surface area (Å²) in [7, 11) is 1.70. The smallest absolute Gasteiger partial charge is 0.271 e. The number of imidazole rings is 1. The molecule has 7 nitrogen and oxygen atoms in total. The number of nitrogens with one attached hydrogen (secondary N) is 2. The van der Waals surface area contributed by atoms with Crippen molar-refractivity contribution in [3.63, 3.8) is 0 Å². The molecule has 18 heavy (non-hydrogen) atoms. The highest BCUT2D eigenvalue weighted by molar-refractivity contribution is 5.97. The van der Waals surface area contributed by atoms with Crippen LogP contribution in [0.1, 0.15) is 22.0 Å². The number of nitrogen functional groups attached to an aromatic ring is 1. The molecule has 96 valence electrons. The van der Waals surface area contributed by atoms with Crippen LogP contribution in [0.3, 0.4) is 0 Å². The van der Waals surface area contributed by atoms with E-state index in [4.69, 9.17) is 5.73 Å². The summed E-state index contributed by atoms with van der Waals surface area (Å²) >= 11 is 0. The largest absolute Gasteiger partial charge is 0.395 e. The molecule has 4 N–H and O–H groups in total. The Morgan fingerprint density at radius 3 is 2.94 bits per heavy atom. The van der Waals surface area contributed by atoms with Gasteiger partial charge in [0.15, 0.2) is 0 Å². The van der Waals surface area contributed by atoms with Crippen LogP contribution < -0.4 is 11.1 Å². The van der Waals surface area contributed by atoms with Crippen LogP contribution in [0.15, 0.2) is 12.4 Å². The minimum absolute atomic E-state index is 0.220. The fourth-order valence-electron chi connectivity index (χ4n) is 1.76. The summed E-state index contributed by atoms with van der Waals surface area (Å²) in [5.74, 6) is 0.617. The molecule has 1 amide bonds. The summed E-state index contributed by atoms with van der Waals surface area (Å²) in [4.78, 5) is 19.0. The molecule has 0 aromatic carbocycles. The molecule has 0 spiro atoms. The lowest BCUT2D eigenvalue weighted by atomic mass is 10.3. The monoisotopic (exact) mass is 248 g/mol. The number of carbonyl (C=O) groups excluding carboxylic acids is 1.